The van der Waals surface area contributed by atoms with Crippen LogP contribution in [0.2, 0.25) is 0 Å². The van der Waals surface area contributed by atoms with Crippen LogP contribution >= 0.6 is 20.3 Å². The van der Waals surface area contributed by atoms with Crippen molar-refractivity contribution in [3.8, 4) is 0 Å². The molecule has 3 nitrogen and oxygen atoms in total. The number of rotatable bonds is 5. The van der Waals surface area contributed by atoms with Crippen LogP contribution in [0.4, 0.5) is 22.0 Å². The van der Waals surface area contributed by atoms with Gasteiger partial charge in [0.2, 0.25) is 0 Å². The molecule has 1 saturated heterocycles. The molecule has 0 spiro atoms. The summed E-state index contributed by atoms with van der Waals surface area (Å²) in [6.45, 7) is 0. The summed E-state index contributed by atoms with van der Waals surface area (Å²) in [5, 5.41) is 10.8. The normalized spacial score (nSPS) is 20.9. The van der Waals surface area contributed by atoms with E-state index >= 15 is 0 Å². The van der Waals surface area contributed by atoms with Crippen molar-refractivity contribution in [2.75, 3.05) is 11.5 Å². The van der Waals surface area contributed by atoms with Crippen LogP contribution in [0.25, 0.3) is 0 Å². The number of carboxylic acids is 1. The van der Waals surface area contributed by atoms with Gasteiger partial charge in [-0.25, -0.2) is 18.6 Å². The number of alkyl halides is 5. The van der Waals surface area contributed by atoms with Crippen molar-refractivity contribution in [1.29, 1.82) is 0 Å². The van der Waals surface area contributed by atoms with Crippen molar-refractivity contribution < 1.29 is 31.9 Å². The summed E-state index contributed by atoms with van der Waals surface area (Å²) in [5.41, 5.74) is -3.91. The fourth-order valence-electron chi connectivity index (χ4n) is 2.88. The zero-order valence-corrected chi connectivity index (χ0v) is 15.1. The molecule has 3 rings (SSSR count). The zero-order valence-electron chi connectivity index (χ0n) is 13.5. The predicted octanol–water partition coefficient (Wildman–Crippen LogP) is 5.16. The molecule has 0 amide bonds. The van der Waals surface area contributed by atoms with Gasteiger partial charge in [-0.1, -0.05) is 0 Å². The number of halogens is 5. The molecule has 1 unspecified atom stereocenters. The first-order valence-corrected chi connectivity index (χ1v) is 11.0. The minimum absolute atomic E-state index is 0.0359. The monoisotopic (exact) mass is 413 g/mol. The van der Waals surface area contributed by atoms with E-state index in [2.05, 4.69) is 4.98 Å². The lowest BCUT2D eigenvalue weighted by molar-refractivity contribution is -0.141. The molecule has 0 bridgehead atoms. The molecule has 1 aromatic heterocycles. The van der Waals surface area contributed by atoms with Gasteiger partial charge < -0.3 is 5.11 Å². The second-order valence-electron chi connectivity index (χ2n) is 6.24. The second kappa shape index (κ2) is 7.46. The maximum absolute atomic E-state index is 13.6. The van der Waals surface area contributed by atoms with E-state index < -0.39 is 45.0 Å². The Labute approximate surface area is 152 Å². The van der Waals surface area contributed by atoms with E-state index in [0.29, 0.717) is 5.75 Å². The highest BCUT2D eigenvalue weighted by Gasteiger charge is 2.41. The number of hydrogen-bond donors (Lipinski definition) is 1. The summed E-state index contributed by atoms with van der Waals surface area (Å²) < 4.78 is 67.3. The number of hydrogen-bond acceptors (Lipinski definition) is 3. The molecular formula is C16H16F5NO2S2. The highest BCUT2D eigenvalue weighted by Crippen LogP contribution is 2.43. The Morgan fingerprint density at radius 2 is 2.08 bits per heavy atom. The standard InChI is InChI=1S/C16H16F5NO2S2/c17-14(18)12-11(15(23)24)9(6-8-2-3-8)10(7-26-5-1-4-25-26)13(22-12)16(19,20)21/h7-8,14H,1-6H2,(H,23,24). The molecule has 2 aliphatic rings. The summed E-state index contributed by atoms with van der Waals surface area (Å²) in [7, 11) is 1.01. The molecule has 1 saturated carbocycles. The van der Waals surface area contributed by atoms with E-state index in [1.165, 1.54) is 16.2 Å². The third kappa shape index (κ3) is 4.21. The number of nitrogens with zero attached hydrogens (tertiary/aromatic N) is 1. The van der Waals surface area contributed by atoms with E-state index in [1.54, 1.807) is 0 Å². The van der Waals surface area contributed by atoms with Crippen LogP contribution < -0.4 is 0 Å². The minimum Gasteiger partial charge on any atom is -0.478 e. The zero-order chi connectivity index (χ0) is 19.1. The van der Waals surface area contributed by atoms with Crippen LogP contribution in [0.3, 0.4) is 0 Å². The van der Waals surface area contributed by atoms with Gasteiger partial charge in [0.25, 0.3) is 6.43 Å². The van der Waals surface area contributed by atoms with Gasteiger partial charge in [-0.15, -0.1) is 20.3 Å². The SMILES string of the molecule is O=C(O)c1c(C(F)F)nc(C(F)(F)F)c(C=S2CCCS2)c1CC1CC1. The summed E-state index contributed by atoms with van der Waals surface area (Å²) in [5.74, 6) is -0.111. The van der Waals surface area contributed by atoms with Gasteiger partial charge >= 0.3 is 12.1 Å². The van der Waals surface area contributed by atoms with Crippen LogP contribution in [0.1, 0.15) is 58.6 Å². The topological polar surface area (TPSA) is 50.2 Å². The van der Waals surface area contributed by atoms with Crippen molar-refractivity contribution >= 4 is 31.6 Å². The fourth-order valence-corrected chi connectivity index (χ4v) is 6.99. The lowest BCUT2D eigenvalue weighted by Crippen LogP contribution is -2.21. The lowest BCUT2D eigenvalue weighted by atomic mass is 9.94. The lowest BCUT2D eigenvalue weighted by Gasteiger charge is -2.19. The highest BCUT2D eigenvalue weighted by atomic mass is 33.1. The summed E-state index contributed by atoms with van der Waals surface area (Å²) in [6, 6.07) is 0. The Bertz CT molecular complexity index is 752. The van der Waals surface area contributed by atoms with E-state index in [1.807, 2.05) is 0 Å². The maximum Gasteiger partial charge on any atom is 0.433 e. The van der Waals surface area contributed by atoms with E-state index in [9.17, 15) is 31.9 Å². The minimum atomic E-state index is -4.93. The molecule has 1 aliphatic carbocycles. The first kappa shape index (κ1) is 19.6. The van der Waals surface area contributed by atoms with Crippen molar-refractivity contribution in [3.63, 3.8) is 0 Å². The van der Waals surface area contributed by atoms with Crippen LogP contribution in [-0.4, -0.2) is 32.9 Å². The number of pyridine rings is 1. The quantitative estimate of drug-likeness (QED) is 0.412. The highest BCUT2D eigenvalue weighted by molar-refractivity contribution is 8.84. The van der Waals surface area contributed by atoms with Gasteiger partial charge in [0.05, 0.1) is 5.56 Å². The largest absolute Gasteiger partial charge is 0.478 e. The average molecular weight is 413 g/mol. The van der Waals surface area contributed by atoms with E-state index in [-0.39, 0.29) is 23.5 Å². The molecule has 1 aliphatic heterocycles. The number of aromatic carboxylic acids is 1. The van der Waals surface area contributed by atoms with Crippen LogP contribution in [0, 0.1) is 5.92 Å². The molecule has 2 heterocycles. The molecule has 0 radical (unpaired) electrons. The molecule has 2 fully saturated rings. The van der Waals surface area contributed by atoms with Crippen molar-refractivity contribution in [2.24, 2.45) is 5.92 Å². The third-order valence-corrected chi connectivity index (χ3v) is 8.37. The summed E-state index contributed by atoms with van der Waals surface area (Å²) in [4.78, 5) is 14.7. The number of aromatic nitrogens is 1. The summed E-state index contributed by atoms with van der Waals surface area (Å²) in [6.07, 6.45) is -5.89. The molecule has 1 atom stereocenters. The molecule has 10 heteroatoms. The Balaban J connectivity index is 2.30. The molecule has 0 aromatic carbocycles. The van der Waals surface area contributed by atoms with Crippen molar-refractivity contribution in [2.45, 2.75) is 38.3 Å². The fraction of sp³-hybridized carbons (Fsp3) is 0.562. The van der Waals surface area contributed by atoms with Gasteiger partial charge in [-0.05, 0) is 48.3 Å². The Kier molecular flexibility index (Phi) is 5.62. The molecule has 1 N–H and O–H groups in total. The summed E-state index contributed by atoms with van der Waals surface area (Å²) >= 11 is 0. The Hall–Kier alpha value is -1.16. The van der Waals surface area contributed by atoms with Gasteiger partial charge in [0.15, 0.2) is 5.69 Å². The first-order chi connectivity index (χ1) is 12.2. The van der Waals surface area contributed by atoms with E-state index in [0.717, 1.165) is 25.0 Å². The van der Waals surface area contributed by atoms with Gasteiger partial charge in [0, 0.05) is 11.3 Å². The molecular weight excluding hydrogens is 397 g/mol. The number of carbonyl (C=O) groups is 1. The molecule has 26 heavy (non-hydrogen) atoms. The smallest absolute Gasteiger partial charge is 0.433 e. The first-order valence-electron chi connectivity index (χ1n) is 8.01. The van der Waals surface area contributed by atoms with Crippen molar-refractivity contribution in [3.05, 3.63) is 28.1 Å². The second-order valence-corrected chi connectivity index (χ2v) is 10.3. The van der Waals surface area contributed by atoms with Gasteiger partial charge in [-0.2, -0.15) is 13.2 Å². The van der Waals surface area contributed by atoms with E-state index in [4.69, 9.17) is 0 Å². The third-order valence-electron chi connectivity index (χ3n) is 4.22. The Morgan fingerprint density at radius 3 is 2.54 bits per heavy atom. The van der Waals surface area contributed by atoms with Gasteiger partial charge in [-0.3, -0.25) is 0 Å². The van der Waals surface area contributed by atoms with Gasteiger partial charge in [0.1, 0.15) is 5.69 Å². The van der Waals surface area contributed by atoms with Crippen LogP contribution in [-0.2, 0) is 12.6 Å². The number of carboxylic acid groups (broad SMARTS) is 1. The average Bonchev–Trinajstić information content (AvgIpc) is 3.19. The molecule has 144 valence electrons. The molecule has 1 aromatic rings. The van der Waals surface area contributed by atoms with Crippen molar-refractivity contribution in [1.82, 2.24) is 4.98 Å². The van der Waals surface area contributed by atoms with Crippen LogP contribution in [0.15, 0.2) is 0 Å². The Morgan fingerprint density at radius 1 is 1.38 bits per heavy atom. The maximum atomic E-state index is 13.6. The van der Waals surface area contributed by atoms with Crippen LogP contribution in [0.5, 0.6) is 0 Å². The predicted molar refractivity (Wildman–Crippen MR) is 92.3 cm³/mol.